The van der Waals surface area contributed by atoms with Crippen LogP contribution in [0, 0.1) is 5.41 Å². The smallest absolute Gasteiger partial charge is 0.490 e. The lowest BCUT2D eigenvalue weighted by Gasteiger charge is -2.10. The number of carboxylic acids is 2. The number of nitrogens with two attached hydrogens (primary N) is 1. The van der Waals surface area contributed by atoms with E-state index >= 15 is 0 Å². The Morgan fingerprint density at radius 1 is 1.07 bits per heavy atom. The Morgan fingerprint density at radius 2 is 1.67 bits per heavy atom. The molecule has 6 N–H and O–H groups in total. The van der Waals surface area contributed by atoms with Gasteiger partial charge in [-0.1, -0.05) is 24.3 Å². The van der Waals surface area contributed by atoms with Crippen LogP contribution >= 0.6 is 0 Å². The van der Waals surface area contributed by atoms with Gasteiger partial charge in [0.25, 0.3) is 0 Å². The first kappa shape index (κ1) is 22.3. The van der Waals surface area contributed by atoms with Gasteiger partial charge < -0.3 is 25.6 Å². The van der Waals surface area contributed by atoms with E-state index in [0.717, 1.165) is 5.56 Å². The second-order valence-corrected chi connectivity index (χ2v) is 6.05. The number of aromatic carboxylic acids is 1. The number of aliphatic carboxylic acids is 1. The van der Waals surface area contributed by atoms with Crippen LogP contribution in [0.25, 0.3) is 10.9 Å². The number of alkyl halides is 3. The zero-order chi connectivity index (χ0) is 22.6. The highest BCUT2D eigenvalue weighted by molar-refractivity contribution is 5.97. The number of benzene rings is 2. The highest BCUT2D eigenvalue weighted by Crippen LogP contribution is 2.28. The van der Waals surface area contributed by atoms with Crippen LogP contribution in [0.15, 0.2) is 48.5 Å². The molecule has 0 aliphatic heterocycles. The number of nitrogens with zero attached hydrogens (tertiary/aromatic N) is 1. The average molecular weight is 423 g/mol. The van der Waals surface area contributed by atoms with E-state index in [9.17, 15) is 28.2 Å². The molecule has 0 bridgehead atoms. The first-order chi connectivity index (χ1) is 13.9. The summed E-state index contributed by atoms with van der Waals surface area (Å²) in [7, 11) is 0. The summed E-state index contributed by atoms with van der Waals surface area (Å²) in [5.41, 5.74) is 7.62. The van der Waals surface area contributed by atoms with Crippen molar-refractivity contribution in [2.75, 3.05) is 0 Å². The number of amidine groups is 1. The van der Waals surface area contributed by atoms with Gasteiger partial charge in [-0.2, -0.15) is 13.2 Å². The van der Waals surface area contributed by atoms with Gasteiger partial charge in [0.1, 0.15) is 17.3 Å². The number of phenols is 1. The second-order valence-electron chi connectivity index (χ2n) is 6.05. The molecular weight excluding hydrogens is 407 g/mol. The molecule has 11 heteroatoms. The highest BCUT2D eigenvalue weighted by Gasteiger charge is 2.38. The Morgan fingerprint density at radius 3 is 2.20 bits per heavy atom. The number of halogens is 3. The van der Waals surface area contributed by atoms with E-state index in [1.807, 2.05) is 6.07 Å². The molecule has 30 heavy (non-hydrogen) atoms. The van der Waals surface area contributed by atoms with Crippen LogP contribution < -0.4 is 5.73 Å². The van der Waals surface area contributed by atoms with Gasteiger partial charge >= 0.3 is 18.1 Å². The molecule has 2 aromatic carbocycles. The molecule has 0 saturated carbocycles. The van der Waals surface area contributed by atoms with Crippen LogP contribution in [0.5, 0.6) is 5.75 Å². The molecular formula is C19H16F3N3O5. The normalized spacial score (nSPS) is 10.9. The average Bonchev–Trinajstić information content (AvgIpc) is 3.02. The minimum atomic E-state index is -5.08. The number of nitrogen functional groups attached to an aromatic ring is 1. The lowest BCUT2D eigenvalue weighted by Crippen LogP contribution is -2.21. The number of carboxylic acid groups (broad SMARTS) is 2. The number of aromatic hydroxyl groups is 1. The predicted molar refractivity (Wildman–Crippen MR) is 101 cm³/mol. The van der Waals surface area contributed by atoms with Crippen molar-refractivity contribution >= 4 is 28.7 Å². The fourth-order valence-electron chi connectivity index (χ4n) is 2.64. The molecule has 1 aromatic heterocycles. The number of nitrogens with one attached hydrogen (secondary N) is 1. The Labute approximate surface area is 167 Å². The van der Waals surface area contributed by atoms with Crippen LogP contribution in [-0.2, 0) is 11.3 Å². The Balaban J connectivity index is 0.000000396. The van der Waals surface area contributed by atoms with Gasteiger partial charge in [0.15, 0.2) is 0 Å². The zero-order valence-electron chi connectivity index (χ0n) is 15.1. The van der Waals surface area contributed by atoms with Gasteiger partial charge in [-0.05, 0) is 29.8 Å². The fraction of sp³-hybridized carbons (Fsp3) is 0.105. The van der Waals surface area contributed by atoms with E-state index in [2.05, 4.69) is 0 Å². The lowest BCUT2D eigenvalue weighted by atomic mass is 10.1. The first-order valence-electron chi connectivity index (χ1n) is 8.19. The van der Waals surface area contributed by atoms with Crippen molar-refractivity contribution in [2.45, 2.75) is 12.7 Å². The minimum absolute atomic E-state index is 0.0414. The SMILES string of the molecule is N=C(N)c1cccc(Cn2c(C(=O)O)cc3c(O)cccc32)c1.O=C(O)C(F)(F)F. The van der Waals surface area contributed by atoms with E-state index < -0.39 is 18.1 Å². The van der Waals surface area contributed by atoms with Crippen molar-refractivity contribution in [1.29, 1.82) is 5.41 Å². The summed E-state index contributed by atoms with van der Waals surface area (Å²) in [6.07, 6.45) is -5.08. The number of hydrogen-bond donors (Lipinski definition) is 5. The van der Waals surface area contributed by atoms with Crippen LogP contribution in [0.2, 0.25) is 0 Å². The molecule has 158 valence electrons. The molecule has 3 rings (SSSR count). The third-order valence-corrected chi connectivity index (χ3v) is 3.96. The summed E-state index contributed by atoms with van der Waals surface area (Å²) in [6.45, 7) is 0.301. The number of phenolic OH excluding ortho intramolecular Hbond substituents is 1. The monoisotopic (exact) mass is 423 g/mol. The molecule has 0 amide bonds. The van der Waals surface area contributed by atoms with Gasteiger partial charge in [-0.3, -0.25) is 5.41 Å². The van der Waals surface area contributed by atoms with Gasteiger partial charge in [0, 0.05) is 17.5 Å². The molecule has 0 radical (unpaired) electrons. The van der Waals surface area contributed by atoms with Gasteiger partial charge in [0.05, 0.1) is 5.52 Å². The lowest BCUT2D eigenvalue weighted by molar-refractivity contribution is -0.192. The standard InChI is InChI=1S/C17H15N3O3.C2HF3O2/c18-16(19)11-4-1-3-10(7-11)9-20-13-5-2-6-15(21)12(13)8-14(20)17(22)23;3-2(4,5)1(6)7/h1-8,21H,9H2,(H3,18,19)(H,22,23);(H,6,7). The largest absolute Gasteiger partial charge is 0.507 e. The first-order valence-corrected chi connectivity index (χ1v) is 8.19. The van der Waals surface area contributed by atoms with E-state index in [0.29, 0.717) is 23.0 Å². The van der Waals surface area contributed by atoms with Gasteiger partial charge in [0.2, 0.25) is 0 Å². The van der Waals surface area contributed by atoms with E-state index in [1.54, 1.807) is 34.9 Å². The van der Waals surface area contributed by atoms with E-state index in [1.165, 1.54) is 12.1 Å². The second kappa shape index (κ2) is 8.55. The molecule has 1 heterocycles. The maximum atomic E-state index is 11.5. The minimum Gasteiger partial charge on any atom is -0.507 e. The molecule has 8 nitrogen and oxygen atoms in total. The van der Waals surface area contributed by atoms with E-state index in [4.69, 9.17) is 21.0 Å². The number of fused-ring (bicyclic) bond motifs is 1. The molecule has 0 unspecified atom stereocenters. The van der Waals surface area contributed by atoms with Crippen molar-refractivity contribution in [2.24, 2.45) is 5.73 Å². The quantitative estimate of drug-likeness (QED) is 0.322. The summed E-state index contributed by atoms with van der Waals surface area (Å²) >= 11 is 0. The van der Waals surface area contributed by atoms with Crippen molar-refractivity contribution < 1.29 is 38.1 Å². The third-order valence-electron chi connectivity index (χ3n) is 3.96. The molecule has 0 spiro atoms. The molecule has 0 aliphatic rings. The summed E-state index contributed by atoms with van der Waals surface area (Å²) in [4.78, 5) is 20.4. The molecule has 0 saturated heterocycles. The van der Waals surface area contributed by atoms with Crippen molar-refractivity contribution in [3.63, 3.8) is 0 Å². The summed E-state index contributed by atoms with van der Waals surface area (Å²) in [5, 5.41) is 34.5. The molecule has 3 aromatic rings. The van der Waals surface area contributed by atoms with Crippen LogP contribution in [0.3, 0.4) is 0 Å². The van der Waals surface area contributed by atoms with Crippen LogP contribution in [-0.4, -0.2) is 43.8 Å². The predicted octanol–water partition coefficient (Wildman–Crippen LogP) is 3.01. The third kappa shape index (κ3) is 5.07. The Hall–Kier alpha value is -4.02. The van der Waals surface area contributed by atoms with Crippen LogP contribution in [0.4, 0.5) is 13.2 Å². The van der Waals surface area contributed by atoms with E-state index in [-0.39, 0.29) is 17.3 Å². The molecule has 0 fully saturated rings. The van der Waals surface area contributed by atoms with Crippen molar-refractivity contribution in [3.8, 4) is 5.75 Å². The maximum Gasteiger partial charge on any atom is 0.490 e. The highest BCUT2D eigenvalue weighted by atomic mass is 19.4. The van der Waals surface area contributed by atoms with Crippen molar-refractivity contribution in [3.05, 3.63) is 65.4 Å². The number of aromatic nitrogens is 1. The molecule has 0 atom stereocenters. The summed E-state index contributed by atoms with van der Waals surface area (Å²) in [6, 6.07) is 13.5. The van der Waals surface area contributed by atoms with Gasteiger partial charge in [-0.15, -0.1) is 0 Å². The number of carbonyl (C=O) groups is 2. The number of rotatable bonds is 4. The van der Waals surface area contributed by atoms with Gasteiger partial charge in [-0.25, -0.2) is 9.59 Å². The zero-order valence-corrected chi connectivity index (χ0v) is 15.1. The summed E-state index contributed by atoms with van der Waals surface area (Å²) in [5.74, 6) is -3.82. The molecule has 0 aliphatic carbocycles. The Kier molecular flexibility index (Phi) is 6.35. The number of hydrogen-bond acceptors (Lipinski definition) is 4. The summed E-state index contributed by atoms with van der Waals surface area (Å²) < 4.78 is 33.4. The van der Waals surface area contributed by atoms with Crippen molar-refractivity contribution in [1.82, 2.24) is 4.57 Å². The topological polar surface area (TPSA) is 150 Å². The van der Waals surface area contributed by atoms with Crippen LogP contribution in [0.1, 0.15) is 21.6 Å². The maximum absolute atomic E-state index is 11.5. The Bertz CT molecular complexity index is 1120. The fourth-order valence-corrected chi connectivity index (χ4v) is 2.64.